The van der Waals surface area contributed by atoms with Gasteiger partial charge in [0, 0.05) is 25.2 Å². The predicted octanol–water partition coefficient (Wildman–Crippen LogP) is 3.31. The summed E-state index contributed by atoms with van der Waals surface area (Å²) in [7, 11) is 0. The van der Waals surface area contributed by atoms with Gasteiger partial charge in [0.2, 0.25) is 0 Å². The van der Waals surface area contributed by atoms with Crippen molar-refractivity contribution in [2.75, 3.05) is 26.4 Å². The molecule has 1 aliphatic heterocycles. The Balaban J connectivity index is 0.000000278. The lowest BCUT2D eigenvalue weighted by molar-refractivity contribution is -0.240. The number of carbonyl (C=O) groups excluding carboxylic acids is 1. The van der Waals surface area contributed by atoms with E-state index in [9.17, 15) is 4.79 Å². The Hall–Kier alpha value is -0.570. The molecule has 3 fully saturated rings. The van der Waals surface area contributed by atoms with Crippen LogP contribution >= 0.6 is 0 Å². The van der Waals surface area contributed by atoms with Gasteiger partial charge in [0.1, 0.15) is 18.0 Å². The number of aliphatic hydroxyl groups is 4. The van der Waals surface area contributed by atoms with Gasteiger partial charge in [-0.05, 0) is 42.4 Å². The number of aliphatic hydroxyl groups excluding tert-OH is 4. The summed E-state index contributed by atoms with van der Waals surface area (Å²) in [5.74, 6) is 2.41. The second-order valence-electron chi connectivity index (χ2n) is 11.2. The second kappa shape index (κ2) is 14.1. The van der Waals surface area contributed by atoms with Gasteiger partial charge in [0.15, 0.2) is 5.79 Å². The Bertz CT molecular complexity index is 563. The van der Waals surface area contributed by atoms with Crippen LogP contribution in [0.2, 0.25) is 0 Å². The first-order valence-electron chi connectivity index (χ1n) is 12.8. The third-order valence-electron chi connectivity index (χ3n) is 7.68. The summed E-state index contributed by atoms with van der Waals surface area (Å²) >= 11 is 0. The maximum Gasteiger partial charge on any atom is 0.172 e. The molecule has 0 aromatic rings. The van der Waals surface area contributed by atoms with E-state index >= 15 is 0 Å². The molecule has 7 nitrogen and oxygen atoms in total. The molecule has 2 aliphatic carbocycles. The number of ketones is 1. The predicted molar refractivity (Wildman–Crippen MR) is 129 cm³/mol. The van der Waals surface area contributed by atoms with Gasteiger partial charge in [-0.15, -0.1) is 0 Å². The topological polar surface area (TPSA) is 116 Å². The molecule has 1 spiro atoms. The highest BCUT2D eigenvalue weighted by Gasteiger charge is 2.51. The molecule has 0 radical (unpaired) electrons. The van der Waals surface area contributed by atoms with E-state index in [0.717, 1.165) is 25.7 Å². The summed E-state index contributed by atoms with van der Waals surface area (Å²) in [6.07, 6.45) is 6.32. The molecular weight excluding hydrogens is 424 g/mol. The lowest BCUT2D eigenvalue weighted by Gasteiger charge is -2.44. The molecule has 5 atom stereocenters. The summed E-state index contributed by atoms with van der Waals surface area (Å²) in [4.78, 5) is 11.2. The minimum Gasteiger partial charge on any atom is -0.394 e. The van der Waals surface area contributed by atoms with E-state index in [0.29, 0.717) is 41.5 Å². The van der Waals surface area contributed by atoms with E-state index in [1.54, 1.807) is 0 Å². The molecule has 2 saturated carbocycles. The summed E-state index contributed by atoms with van der Waals surface area (Å²) in [6, 6.07) is 0. The third-order valence-corrected chi connectivity index (χ3v) is 7.68. The van der Waals surface area contributed by atoms with Gasteiger partial charge >= 0.3 is 0 Å². The summed E-state index contributed by atoms with van der Waals surface area (Å²) in [5, 5.41) is 33.2. The van der Waals surface area contributed by atoms with Crippen LogP contribution in [0.25, 0.3) is 0 Å². The quantitative estimate of drug-likeness (QED) is 0.483. The van der Waals surface area contributed by atoms with Crippen molar-refractivity contribution < 1.29 is 34.7 Å². The fourth-order valence-corrected chi connectivity index (χ4v) is 5.11. The van der Waals surface area contributed by atoms with Crippen LogP contribution in [0.1, 0.15) is 86.5 Å². The average Bonchev–Trinajstić information content (AvgIpc) is 3.16. The van der Waals surface area contributed by atoms with Crippen LogP contribution in [-0.2, 0) is 14.3 Å². The first-order chi connectivity index (χ1) is 15.4. The standard InChI is InChI=1S/C13H24O3.C10H18O.C3H8O3/c1-9(2)12-5-4-10(3)6-13(12)15-8-11(7-14)16-13;1-8(2)10(3)6-4-5-9(11)7-10;4-1-3(6)2-5/h9-12,14H,4-8H2,1-3H3;8H,4-7H2,1-3H3;3-6H,1-2H2. The molecule has 1 heterocycles. The molecule has 4 N–H and O–H groups in total. The number of ether oxygens (including phenoxy) is 2. The van der Waals surface area contributed by atoms with Crippen molar-refractivity contribution in [1.29, 1.82) is 0 Å². The molecule has 3 aliphatic rings. The Labute approximate surface area is 200 Å². The summed E-state index contributed by atoms with van der Waals surface area (Å²) in [5.41, 5.74) is 0.301. The van der Waals surface area contributed by atoms with Crippen LogP contribution in [0.3, 0.4) is 0 Å². The molecule has 1 saturated heterocycles. The monoisotopic (exact) mass is 474 g/mol. The lowest BCUT2D eigenvalue weighted by atomic mass is 9.68. The van der Waals surface area contributed by atoms with Crippen LogP contribution in [0.4, 0.5) is 0 Å². The molecule has 0 aromatic carbocycles. The van der Waals surface area contributed by atoms with Gasteiger partial charge < -0.3 is 29.9 Å². The Morgan fingerprint density at radius 2 is 1.73 bits per heavy atom. The average molecular weight is 475 g/mol. The van der Waals surface area contributed by atoms with Crippen LogP contribution in [0.5, 0.6) is 0 Å². The number of carbonyl (C=O) groups is 1. The fourth-order valence-electron chi connectivity index (χ4n) is 5.11. The molecule has 33 heavy (non-hydrogen) atoms. The largest absolute Gasteiger partial charge is 0.394 e. The molecule has 196 valence electrons. The Morgan fingerprint density at radius 1 is 1.09 bits per heavy atom. The number of Topliss-reactive ketones (excluding diaryl/α,β-unsaturated/α-hetero) is 1. The van der Waals surface area contributed by atoms with Gasteiger partial charge in [-0.3, -0.25) is 4.79 Å². The van der Waals surface area contributed by atoms with E-state index in [1.807, 2.05) is 0 Å². The van der Waals surface area contributed by atoms with Crippen molar-refractivity contribution in [3.05, 3.63) is 0 Å². The van der Waals surface area contributed by atoms with Gasteiger partial charge in [0.05, 0.1) is 26.4 Å². The minimum absolute atomic E-state index is 0.0704. The van der Waals surface area contributed by atoms with E-state index in [2.05, 4.69) is 41.5 Å². The van der Waals surface area contributed by atoms with E-state index in [4.69, 9.17) is 29.9 Å². The number of hydrogen-bond donors (Lipinski definition) is 4. The molecular formula is C26H50O7. The van der Waals surface area contributed by atoms with Crippen molar-refractivity contribution in [2.45, 2.75) is 104 Å². The molecule has 0 amide bonds. The zero-order valence-corrected chi connectivity index (χ0v) is 21.8. The lowest BCUT2D eigenvalue weighted by Crippen LogP contribution is -2.47. The molecule has 3 rings (SSSR count). The molecule has 0 bridgehead atoms. The first kappa shape index (κ1) is 30.5. The van der Waals surface area contributed by atoms with Crippen molar-refractivity contribution in [3.8, 4) is 0 Å². The smallest absolute Gasteiger partial charge is 0.172 e. The number of hydrogen-bond acceptors (Lipinski definition) is 7. The third kappa shape index (κ3) is 9.19. The molecule has 7 heteroatoms. The van der Waals surface area contributed by atoms with Gasteiger partial charge in [-0.1, -0.05) is 48.0 Å². The van der Waals surface area contributed by atoms with Crippen LogP contribution in [0, 0.1) is 29.1 Å². The fraction of sp³-hybridized carbons (Fsp3) is 0.962. The van der Waals surface area contributed by atoms with Crippen LogP contribution < -0.4 is 0 Å². The van der Waals surface area contributed by atoms with Crippen LogP contribution in [-0.4, -0.2) is 70.6 Å². The maximum absolute atomic E-state index is 11.2. The van der Waals surface area contributed by atoms with Gasteiger partial charge in [0.25, 0.3) is 0 Å². The molecule has 0 aromatic heterocycles. The van der Waals surface area contributed by atoms with Crippen molar-refractivity contribution in [2.24, 2.45) is 29.1 Å². The van der Waals surface area contributed by atoms with Crippen LogP contribution in [0.15, 0.2) is 0 Å². The Morgan fingerprint density at radius 3 is 2.12 bits per heavy atom. The highest BCUT2D eigenvalue weighted by Crippen LogP contribution is 2.47. The van der Waals surface area contributed by atoms with Crippen molar-refractivity contribution in [1.82, 2.24) is 0 Å². The second-order valence-corrected chi connectivity index (χ2v) is 11.2. The summed E-state index contributed by atoms with van der Waals surface area (Å²) < 4.78 is 12.0. The number of rotatable bonds is 5. The first-order valence-corrected chi connectivity index (χ1v) is 12.8. The van der Waals surface area contributed by atoms with E-state index in [-0.39, 0.29) is 25.9 Å². The Kier molecular flexibility index (Phi) is 13.0. The highest BCUT2D eigenvalue weighted by atomic mass is 16.7. The highest BCUT2D eigenvalue weighted by molar-refractivity contribution is 5.79. The summed E-state index contributed by atoms with van der Waals surface area (Å²) in [6.45, 7) is 13.3. The van der Waals surface area contributed by atoms with Crippen molar-refractivity contribution >= 4 is 5.78 Å². The van der Waals surface area contributed by atoms with Crippen molar-refractivity contribution in [3.63, 3.8) is 0 Å². The SMILES string of the molecule is CC(C)C1(C)CCCC(=O)C1.CC1CCC(C(C)C)C2(C1)OCC(CO)O2.OCC(O)CO. The van der Waals surface area contributed by atoms with Gasteiger partial charge in [-0.2, -0.15) is 0 Å². The van der Waals surface area contributed by atoms with Gasteiger partial charge in [-0.25, -0.2) is 0 Å². The van der Waals surface area contributed by atoms with E-state index in [1.165, 1.54) is 19.3 Å². The zero-order chi connectivity index (χ0) is 25.2. The maximum atomic E-state index is 11.2. The molecule has 5 unspecified atom stereocenters. The zero-order valence-electron chi connectivity index (χ0n) is 21.8. The van der Waals surface area contributed by atoms with E-state index < -0.39 is 11.9 Å². The normalized spacial score (nSPS) is 34.3. The minimum atomic E-state index is -0.954.